The number of H-pyrrole nitrogens is 1. The average molecular weight is 263 g/mol. The van der Waals surface area contributed by atoms with Crippen molar-refractivity contribution < 1.29 is 8.42 Å². The Hall–Kier alpha value is -0.850. The Morgan fingerprint density at radius 1 is 1.44 bits per heavy atom. The molecule has 1 aromatic rings. The summed E-state index contributed by atoms with van der Waals surface area (Å²) < 4.78 is 26.2. The van der Waals surface area contributed by atoms with Gasteiger partial charge in [0.25, 0.3) is 5.56 Å². The Morgan fingerprint density at radius 3 is 2.62 bits per heavy atom. The summed E-state index contributed by atoms with van der Waals surface area (Å²) in [7, 11) is -3.56. The van der Waals surface area contributed by atoms with E-state index in [0.29, 0.717) is 0 Å². The molecule has 0 unspecified atom stereocenters. The van der Waals surface area contributed by atoms with Gasteiger partial charge in [-0.05, 0) is 18.9 Å². The van der Waals surface area contributed by atoms with Crippen LogP contribution in [0.5, 0.6) is 0 Å². The van der Waals surface area contributed by atoms with Crippen LogP contribution < -0.4 is 10.3 Å². The van der Waals surface area contributed by atoms with Crippen LogP contribution in [-0.4, -0.2) is 19.4 Å². The van der Waals surface area contributed by atoms with Crippen LogP contribution in [-0.2, 0) is 10.0 Å². The number of rotatable bonds is 3. The fraction of sp³-hybridized carbons (Fsp3) is 0.444. The van der Waals surface area contributed by atoms with Gasteiger partial charge in [0.15, 0.2) is 0 Å². The minimum atomic E-state index is -3.56. The first-order valence-electron chi connectivity index (χ1n) is 4.89. The van der Waals surface area contributed by atoms with Crippen molar-refractivity contribution in [1.82, 2.24) is 9.71 Å². The lowest BCUT2D eigenvalue weighted by atomic mass is 9.94. The number of halogens is 1. The van der Waals surface area contributed by atoms with Crippen molar-refractivity contribution in [3.8, 4) is 0 Å². The molecule has 1 saturated carbocycles. The van der Waals surface area contributed by atoms with Crippen LogP contribution in [0.25, 0.3) is 0 Å². The second-order valence-electron chi connectivity index (χ2n) is 3.76. The van der Waals surface area contributed by atoms with E-state index >= 15 is 0 Å². The highest BCUT2D eigenvalue weighted by Crippen LogP contribution is 2.21. The van der Waals surface area contributed by atoms with E-state index in [4.69, 9.17) is 11.6 Å². The summed E-state index contributed by atoms with van der Waals surface area (Å²) in [6.07, 6.45) is 3.90. The van der Waals surface area contributed by atoms with Gasteiger partial charge in [-0.3, -0.25) is 4.79 Å². The standard InChI is InChI=1S/C9H11ClN2O3S/c10-8-4-7(5-11-9(8)13)16(14,15)12-6-2-1-3-6/h4-6,12H,1-3H2,(H,11,13). The topological polar surface area (TPSA) is 79.0 Å². The van der Waals surface area contributed by atoms with Crippen LogP contribution in [0.15, 0.2) is 22.0 Å². The summed E-state index contributed by atoms with van der Waals surface area (Å²) in [6, 6.07) is 1.16. The SMILES string of the molecule is O=c1[nH]cc(S(=O)(=O)NC2CCC2)cc1Cl. The van der Waals surface area contributed by atoms with Gasteiger partial charge in [0.05, 0.1) is 4.90 Å². The van der Waals surface area contributed by atoms with Crippen LogP contribution in [0, 0.1) is 0 Å². The Kier molecular flexibility index (Phi) is 3.05. The van der Waals surface area contributed by atoms with Crippen LogP contribution in [0.2, 0.25) is 5.02 Å². The normalized spacial score (nSPS) is 17.1. The van der Waals surface area contributed by atoms with Gasteiger partial charge in [-0.25, -0.2) is 13.1 Å². The molecular weight excluding hydrogens is 252 g/mol. The van der Waals surface area contributed by atoms with Gasteiger partial charge in [-0.15, -0.1) is 0 Å². The number of hydrogen-bond acceptors (Lipinski definition) is 3. The smallest absolute Gasteiger partial charge is 0.266 e. The molecule has 1 aliphatic carbocycles. The van der Waals surface area contributed by atoms with Crippen LogP contribution in [0.4, 0.5) is 0 Å². The average Bonchev–Trinajstić information content (AvgIpc) is 2.16. The summed E-state index contributed by atoms with van der Waals surface area (Å²) in [6.45, 7) is 0. The Morgan fingerprint density at radius 2 is 2.12 bits per heavy atom. The molecule has 5 nitrogen and oxygen atoms in total. The molecule has 88 valence electrons. The van der Waals surface area contributed by atoms with Crippen molar-refractivity contribution >= 4 is 21.6 Å². The minimum Gasteiger partial charge on any atom is -0.326 e. The van der Waals surface area contributed by atoms with E-state index in [-0.39, 0.29) is 16.0 Å². The molecule has 2 rings (SSSR count). The lowest BCUT2D eigenvalue weighted by Crippen LogP contribution is -2.39. The van der Waals surface area contributed by atoms with Crippen molar-refractivity contribution in [2.75, 3.05) is 0 Å². The van der Waals surface area contributed by atoms with Gasteiger partial charge < -0.3 is 4.98 Å². The van der Waals surface area contributed by atoms with E-state index in [0.717, 1.165) is 31.5 Å². The first-order chi connectivity index (χ1) is 7.49. The van der Waals surface area contributed by atoms with Crippen molar-refractivity contribution in [1.29, 1.82) is 0 Å². The highest BCUT2D eigenvalue weighted by Gasteiger charge is 2.25. The number of pyridine rings is 1. The lowest BCUT2D eigenvalue weighted by molar-refractivity contribution is 0.383. The third kappa shape index (κ3) is 2.28. The molecule has 7 heteroatoms. The Balaban J connectivity index is 2.27. The molecule has 2 N–H and O–H groups in total. The summed E-state index contributed by atoms with van der Waals surface area (Å²) in [4.78, 5) is 13.3. The molecule has 0 amide bonds. The maximum absolute atomic E-state index is 11.8. The van der Waals surface area contributed by atoms with Crippen LogP contribution in [0.3, 0.4) is 0 Å². The highest BCUT2D eigenvalue weighted by atomic mass is 35.5. The molecule has 0 spiro atoms. The van der Waals surface area contributed by atoms with Crippen molar-refractivity contribution in [2.24, 2.45) is 0 Å². The number of sulfonamides is 1. The van der Waals surface area contributed by atoms with Crippen molar-refractivity contribution in [3.63, 3.8) is 0 Å². The zero-order valence-corrected chi connectivity index (χ0v) is 9.94. The lowest BCUT2D eigenvalue weighted by Gasteiger charge is -2.25. The number of hydrogen-bond donors (Lipinski definition) is 2. The van der Waals surface area contributed by atoms with Gasteiger partial charge in [0.2, 0.25) is 10.0 Å². The van der Waals surface area contributed by atoms with Crippen LogP contribution in [0.1, 0.15) is 19.3 Å². The molecule has 0 bridgehead atoms. The first kappa shape index (κ1) is 11.6. The fourth-order valence-electron chi connectivity index (χ4n) is 1.41. The van der Waals surface area contributed by atoms with E-state index in [9.17, 15) is 13.2 Å². The summed E-state index contributed by atoms with van der Waals surface area (Å²) in [5.41, 5.74) is -0.496. The molecule has 1 fully saturated rings. The highest BCUT2D eigenvalue weighted by molar-refractivity contribution is 7.89. The van der Waals surface area contributed by atoms with E-state index in [1.165, 1.54) is 0 Å². The zero-order chi connectivity index (χ0) is 11.8. The van der Waals surface area contributed by atoms with E-state index < -0.39 is 15.6 Å². The largest absolute Gasteiger partial charge is 0.326 e. The second kappa shape index (κ2) is 4.20. The van der Waals surface area contributed by atoms with Gasteiger partial charge >= 0.3 is 0 Å². The number of nitrogens with one attached hydrogen (secondary N) is 2. The quantitative estimate of drug-likeness (QED) is 0.848. The van der Waals surface area contributed by atoms with E-state index in [2.05, 4.69) is 9.71 Å². The predicted octanol–water partition coefficient (Wildman–Crippen LogP) is 0.859. The van der Waals surface area contributed by atoms with Gasteiger partial charge in [-0.1, -0.05) is 18.0 Å². The molecule has 0 radical (unpaired) electrons. The van der Waals surface area contributed by atoms with Crippen molar-refractivity contribution in [3.05, 3.63) is 27.6 Å². The molecule has 0 saturated heterocycles. The Labute approximate surface area is 97.9 Å². The van der Waals surface area contributed by atoms with Crippen LogP contribution >= 0.6 is 11.6 Å². The predicted molar refractivity (Wildman–Crippen MR) is 60.0 cm³/mol. The maximum atomic E-state index is 11.8. The second-order valence-corrected chi connectivity index (χ2v) is 5.88. The molecule has 16 heavy (non-hydrogen) atoms. The summed E-state index contributed by atoms with van der Waals surface area (Å²) in [5, 5.41) is -0.128. The van der Waals surface area contributed by atoms with Gasteiger partial charge in [0, 0.05) is 12.2 Å². The van der Waals surface area contributed by atoms with Gasteiger partial charge in [0.1, 0.15) is 5.02 Å². The maximum Gasteiger partial charge on any atom is 0.266 e. The van der Waals surface area contributed by atoms with Crippen molar-refractivity contribution in [2.45, 2.75) is 30.2 Å². The molecular formula is C9H11ClN2O3S. The first-order valence-corrected chi connectivity index (χ1v) is 6.76. The molecule has 1 aliphatic rings. The monoisotopic (exact) mass is 262 g/mol. The molecule has 1 aromatic heterocycles. The van der Waals surface area contributed by atoms with E-state index in [1.54, 1.807) is 0 Å². The zero-order valence-electron chi connectivity index (χ0n) is 8.36. The molecule has 0 aromatic carbocycles. The Bertz CT molecular complexity index is 548. The molecule has 0 atom stereocenters. The third-order valence-electron chi connectivity index (χ3n) is 2.57. The number of aromatic nitrogens is 1. The summed E-state index contributed by atoms with van der Waals surface area (Å²) in [5.74, 6) is 0. The third-order valence-corrected chi connectivity index (χ3v) is 4.35. The summed E-state index contributed by atoms with van der Waals surface area (Å²) >= 11 is 5.57. The van der Waals surface area contributed by atoms with E-state index in [1.807, 2.05) is 0 Å². The van der Waals surface area contributed by atoms with Gasteiger partial charge in [-0.2, -0.15) is 0 Å². The molecule has 0 aliphatic heterocycles. The molecule has 1 heterocycles. The number of aromatic amines is 1. The minimum absolute atomic E-state index is 0.00991. The fourth-order valence-corrected chi connectivity index (χ4v) is 2.94.